The van der Waals surface area contributed by atoms with Crippen LogP contribution in [0.1, 0.15) is 24.2 Å². The average Bonchev–Trinajstić information content (AvgIpc) is 2.74. The van der Waals surface area contributed by atoms with Gasteiger partial charge in [-0.15, -0.1) is 5.10 Å². The van der Waals surface area contributed by atoms with Crippen LogP contribution >= 0.6 is 0 Å². The standard InChI is InChI=1S/C14H17FN4O2/c1-8(2)17-13-11(14(20)21-3)12(16)19(18-13)10-7-5-4-6-9(10)15/h4-8H,16H2,1-3H3,(H,17,18). The Morgan fingerprint density at radius 3 is 2.67 bits per heavy atom. The number of esters is 1. The number of nitrogens with two attached hydrogens (primary N) is 1. The summed E-state index contributed by atoms with van der Waals surface area (Å²) in [5, 5.41) is 7.19. The van der Waals surface area contributed by atoms with E-state index in [4.69, 9.17) is 10.5 Å². The van der Waals surface area contributed by atoms with E-state index in [0.717, 1.165) is 0 Å². The molecule has 1 heterocycles. The minimum atomic E-state index is -0.627. The summed E-state index contributed by atoms with van der Waals surface area (Å²) in [7, 11) is 1.25. The molecule has 0 spiro atoms. The SMILES string of the molecule is COC(=O)c1c(NC(C)C)nn(-c2ccccc2F)c1N. The van der Waals surface area contributed by atoms with Crippen LogP contribution in [0, 0.1) is 5.82 Å². The van der Waals surface area contributed by atoms with Gasteiger partial charge in [-0.1, -0.05) is 12.1 Å². The molecule has 1 aromatic carbocycles. The molecule has 0 saturated heterocycles. The smallest absolute Gasteiger partial charge is 0.345 e. The van der Waals surface area contributed by atoms with Crippen LogP contribution in [0.3, 0.4) is 0 Å². The number of carbonyl (C=O) groups excluding carboxylic acids is 1. The Bertz CT molecular complexity index is 667. The highest BCUT2D eigenvalue weighted by Crippen LogP contribution is 2.27. The monoisotopic (exact) mass is 292 g/mol. The van der Waals surface area contributed by atoms with E-state index in [2.05, 4.69) is 10.4 Å². The molecule has 0 aliphatic carbocycles. The predicted octanol–water partition coefficient (Wildman–Crippen LogP) is 2.20. The number of nitrogen functional groups attached to an aromatic ring is 1. The highest BCUT2D eigenvalue weighted by molar-refractivity contribution is 6.00. The van der Waals surface area contributed by atoms with Gasteiger partial charge in [0.25, 0.3) is 0 Å². The summed E-state index contributed by atoms with van der Waals surface area (Å²) in [6, 6.07) is 6.07. The Morgan fingerprint density at radius 1 is 1.43 bits per heavy atom. The van der Waals surface area contributed by atoms with Gasteiger partial charge in [0.15, 0.2) is 5.82 Å². The Morgan fingerprint density at radius 2 is 2.10 bits per heavy atom. The van der Waals surface area contributed by atoms with E-state index in [1.165, 1.54) is 23.9 Å². The fourth-order valence-corrected chi connectivity index (χ4v) is 1.92. The lowest BCUT2D eigenvalue weighted by molar-refractivity contribution is 0.0603. The minimum absolute atomic E-state index is 0.0232. The van der Waals surface area contributed by atoms with Crippen molar-refractivity contribution in [1.82, 2.24) is 9.78 Å². The third-order valence-electron chi connectivity index (χ3n) is 2.82. The first-order chi connectivity index (χ1) is 9.95. The first-order valence-corrected chi connectivity index (χ1v) is 6.44. The molecule has 0 aliphatic rings. The summed E-state index contributed by atoms with van der Waals surface area (Å²) in [4.78, 5) is 11.9. The quantitative estimate of drug-likeness (QED) is 0.844. The molecule has 0 bridgehead atoms. The zero-order valence-corrected chi connectivity index (χ0v) is 12.1. The van der Waals surface area contributed by atoms with Crippen molar-refractivity contribution in [3.8, 4) is 5.69 Å². The molecule has 21 heavy (non-hydrogen) atoms. The highest BCUT2D eigenvalue weighted by atomic mass is 19.1. The lowest BCUT2D eigenvalue weighted by Crippen LogP contribution is -2.14. The van der Waals surface area contributed by atoms with E-state index in [-0.39, 0.29) is 28.9 Å². The maximum atomic E-state index is 13.9. The Labute approximate surface area is 121 Å². The molecule has 3 N–H and O–H groups in total. The molecule has 0 aliphatic heterocycles. The number of nitrogens with zero attached hydrogens (tertiary/aromatic N) is 2. The van der Waals surface area contributed by atoms with Gasteiger partial charge in [0.1, 0.15) is 22.9 Å². The summed E-state index contributed by atoms with van der Waals surface area (Å²) in [6.45, 7) is 3.78. The molecule has 112 valence electrons. The second-order valence-corrected chi connectivity index (χ2v) is 4.76. The summed E-state index contributed by atoms with van der Waals surface area (Å²) >= 11 is 0. The van der Waals surface area contributed by atoms with E-state index in [0.29, 0.717) is 0 Å². The maximum absolute atomic E-state index is 13.9. The molecule has 6 nitrogen and oxygen atoms in total. The van der Waals surface area contributed by atoms with Gasteiger partial charge in [0, 0.05) is 6.04 Å². The molecule has 0 saturated carbocycles. The third kappa shape index (κ3) is 2.81. The third-order valence-corrected chi connectivity index (χ3v) is 2.82. The van der Waals surface area contributed by atoms with Crippen molar-refractivity contribution in [2.45, 2.75) is 19.9 Å². The average molecular weight is 292 g/mol. The first kappa shape index (κ1) is 14.8. The predicted molar refractivity (Wildman–Crippen MR) is 78.0 cm³/mol. The van der Waals surface area contributed by atoms with Crippen molar-refractivity contribution in [2.24, 2.45) is 0 Å². The van der Waals surface area contributed by atoms with Crippen LogP contribution in [0.25, 0.3) is 5.69 Å². The van der Waals surface area contributed by atoms with Crippen LogP contribution in [0.4, 0.5) is 16.0 Å². The van der Waals surface area contributed by atoms with Gasteiger partial charge in [-0.2, -0.15) is 0 Å². The molecular formula is C14H17FN4O2. The Kier molecular flexibility index (Phi) is 4.11. The van der Waals surface area contributed by atoms with Gasteiger partial charge in [0.05, 0.1) is 7.11 Å². The topological polar surface area (TPSA) is 82.2 Å². The number of hydrogen-bond acceptors (Lipinski definition) is 5. The van der Waals surface area contributed by atoms with Gasteiger partial charge in [-0.25, -0.2) is 13.9 Å². The summed E-state index contributed by atoms with van der Waals surface area (Å²) in [6.07, 6.45) is 0. The van der Waals surface area contributed by atoms with Gasteiger partial charge in [-0.05, 0) is 26.0 Å². The second kappa shape index (κ2) is 5.82. The molecule has 0 radical (unpaired) electrons. The normalized spacial score (nSPS) is 10.7. The number of benzene rings is 1. The van der Waals surface area contributed by atoms with Crippen LogP contribution in [0.15, 0.2) is 24.3 Å². The molecule has 7 heteroatoms. The van der Waals surface area contributed by atoms with E-state index in [1.807, 2.05) is 13.8 Å². The number of para-hydroxylation sites is 1. The number of halogens is 1. The number of methoxy groups -OCH3 is 1. The van der Waals surface area contributed by atoms with Gasteiger partial charge >= 0.3 is 5.97 Å². The summed E-state index contributed by atoms with van der Waals surface area (Å²) in [5.41, 5.74) is 6.21. The van der Waals surface area contributed by atoms with Crippen LogP contribution < -0.4 is 11.1 Å². The molecular weight excluding hydrogens is 275 g/mol. The van der Waals surface area contributed by atoms with Crippen molar-refractivity contribution in [3.05, 3.63) is 35.6 Å². The van der Waals surface area contributed by atoms with Crippen LogP contribution in [-0.4, -0.2) is 28.9 Å². The number of aromatic nitrogens is 2. The van der Waals surface area contributed by atoms with Crippen LogP contribution in [0.5, 0.6) is 0 Å². The maximum Gasteiger partial charge on any atom is 0.345 e. The molecule has 2 rings (SSSR count). The zero-order chi connectivity index (χ0) is 15.6. The fraction of sp³-hybridized carbons (Fsp3) is 0.286. The number of ether oxygens (including phenoxy) is 1. The van der Waals surface area contributed by atoms with Crippen LogP contribution in [0.2, 0.25) is 0 Å². The number of rotatable bonds is 4. The molecule has 0 fully saturated rings. The zero-order valence-electron chi connectivity index (χ0n) is 12.1. The Balaban J connectivity index is 2.61. The van der Waals surface area contributed by atoms with Crippen molar-refractivity contribution in [3.63, 3.8) is 0 Å². The van der Waals surface area contributed by atoms with Crippen molar-refractivity contribution in [2.75, 3.05) is 18.2 Å². The molecule has 0 atom stereocenters. The molecule has 0 unspecified atom stereocenters. The van der Waals surface area contributed by atoms with E-state index >= 15 is 0 Å². The van der Waals surface area contributed by atoms with Crippen molar-refractivity contribution >= 4 is 17.6 Å². The van der Waals surface area contributed by atoms with Gasteiger partial charge < -0.3 is 15.8 Å². The lowest BCUT2D eigenvalue weighted by atomic mass is 10.2. The van der Waals surface area contributed by atoms with Crippen LogP contribution in [-0.2, 0) is 4.74 Å². The van der Waals surface area contributed by atoms with Gasteiger partial charge in [-0.3, -0.25) is 0 Å². The summed E-state index contributed by atoms with van der Waals surface area (Å²) in [5.74, 6) is -0.829. The largest absolute Gasteiger partial charge is 0.465 e. The number of anilines is 2. The number of carbonyl (C=O) groups is 1. The second-order valence-electron chi connectivity index (χ2n) is 4.76. The minimum Gasteiger partial charge on any atom is -0.465 e. The molecule has 1 aromatic heterocycles. The highest BCUT2D eigenvalue weighted by Gasteiger charge is 2.25. The number of nitrogens with one attached hydrogen (secondary N) is 1. The van der Waals surface area contributed by atoms with E-state index in [9.17, 15) is 9.18 Å². The molecule has 0 amide bonds. The van der Waals surface area contributed by atoms with E-state index in [1.54, 1.807) is 12.1 Å². The fourth-order valence-electron chi connectivity index (χ4n) is 1.92. The lowest BCUT2D eigenvalue weighted by Gasteiger charge is -2.07. The summed E-state index contributed by atoms with van der Waals surface area (Å²) < 4.78 is 19.8. The van der Waals surface area contributed by atoms with Gasteiger partial charge in [0.2, 0.25) is 0 Å². The number of hydrogen-bond donors (Lipinski definition) is 2. The van der Waals surface area contributed by atoms with E-state index < -0.39 is 11.8 Å². The first-order valence-electron chi connectivity index (χ1n) is 6.44. The van der Waals surface area contributed by atoms with Crippen molar-refractivity contribution in [1.29, 1.82) is 0 Å². The Hall–Kier alpha value is -2.57. The molecule has 2 aromatic rings. The van der Waals surface area contributed by atoms with Crippen molar-refractivity contribution < 1.29 is 13.9 Å².